The minimum Gasteiger partial charge on any atom is -0.465 e. The highest BCUT2D eigenvalue weighted by atomic mass is 16.5. The highest BCUT2D eigenvalue weighted by Crippen LogP contribution is 2.31. The van der Waals surface area contributed by atoms with E-state index in [0.717, 1.165) is 23.1 Å². The molecule has 0 fully saturated rings. The van der Waals surface area contributed by atoms with Crippen molar-refractivity contribution in [2.75, 3.05) is 19.1 Å². The number of aromatic nitrogens is 1. The number of carbonyl (C=O) groups is 2. The van der Waals surface area contributed by atoms with Crippen LogP contribution < -0.4 is 4.90 Å². The summed E-state index contributed by atoms with van der Waals surface area (Å²) in [6.45, 7) is 4.35. The van der Waals surface area contributed by atoms with Gasteiger partial charge >= 0.3 is 11.9 Å². The summed E-state index contributed by atoms with van der Waals surface area (Å²) < 4.78 is 15.8. The van der Waals surface area contributed by atoms with E-state index in [-0.39, 0.29) is 11.3 Å². The molecule has 2 heterocycles. The van der Waals surface area contributed by atoms with Crippen molar-refractivity contribution in [1.82, 2.24) is 4.98 Å². The predicted molar refractivity (Wildman–Crippen MR) is 130 cm³/mol. The highest BCUT2D eigenvalue weighted by Gasteiger charge is 2.27. The van der Waals surface area contributed by atoms with Gasteiger partial charge in [-0.2, -0.15) is 0 Å². The quantitative estimate of drug-likeness (QED) is 0.451. The number of hydrogen-bond acceptors (Lipinski definition) is 7. The summed E-state index contributed by atoms with van der Waals surface area (Å²) in [7, 11) is 2.53. The molecule has 7 nitrogen and oxygen atoms in total. The molecule has 1 aliphatic heterocycles. The van der Waals surface area contributed by atoms with Gasteiger partial charge in [0.05, 0.1) is 19.8 Å². The molecule has 34 heavy (non-hydrogen) atoms. The van der Waals surface area contributed by atoms with Crippen LogP contribution in [0.1, 0.15) is 31.7 Å². The Kier molecular flexibility index (Phi) is 6.63. The average Bonchev–Trinajstić information content (AvgIpc) is 3.18. The van der Waals surface area contributed by atoms with Crippen LogP contribution in [0.3, 0.4) is 0 Å². The van der Waals surface area contributed by atoms with E-state index in [0.29, 0.717) is 17.5 Å². The fourth-order valence-electron chi connectivity index (χ4n) is 3.74. The molecule has 3 aromatic rings. The van der Waals surface area contributed by atoms with E-state index in [9.17, 15) is 9.59 Å². The second-order valence-corrected chi connectivity index (χ2v) is 7.92. The number of methoxy groups -OCH3 is 2. The van der Waals surface area contributed by atoms with Gasteiger partial charge in [-0.15, -0.1) is 0 Å². The number of hydrogen-bond donors (Lipinski definition) is 0. The molecule has 0 saturated heterocycles. The van der Waals surface area contributed by atoms with Gasteiger partial charge in [0.2, 0.25) is 5.89 Å². The van der Waals surface area contributed by atoms with Gasteiger partial charge in [0.25, 0.3) is 0 Å². The standard InChI is InChI=1S/C27H26N2O5/c1-5-17(2)19-11-14-23-22(16-19)28-25(34-23)18-9-12-20(13-10-18)29-15-7-6-8-21(26(30)32-3)24(29)27(31)33-4/h6-17H,5H2,1-4H3. The first kappa shape index (κ1) is 23.0. The van der Waals surface area contributed by atoms with Crippen LogP contribution in [0.2, 0.25) is 0 Å². The lowest BCUT2D eigenvalue weighted by Gasteiger charge is -2.23. The van der Waals surface area contributed by atoms with E-state index >= 15 is 0 Å². The van der Waals surface area contributed by atoms with E-state index in [1.807, 2.05) is 30.3 Å². The van der Waals surface area contributed by atoms with Gasteiger partial charge in [-0.05, 0) is 66.5 Å². The van der Waals surface area contributed by atoms with Gasteiger partial charge in [-0.3, -0.25) is 0 Å². The topological polar surface area (TPSA) is 81.9 Å². The monoisotopic (exact) mass is 458 g/mol. The molecule has 0 saturated carbocycles. The molecule has 0 amide bonds. The number of ether oxygens (including phenoxy) is 2. The van der Waals surface area contributed by atoms with Crippen LogP contribution in [-0.4, -0.2) is 31.1 Å². The largest absolute Gasteiger partial charge is 0.465 e. The Balaban J connectivity index is 1.70. The SMILES string of the molecule is CCC(C)c1ccc2oc(-c3ccc(N4C=CC=CC(C(=O)OC)=C4C(=O)OC)cc3)nc2c1. The van der Waals surface area contributed by atoms with Crippen LogP contribution in [0.4, 0.5) is 5.69 Å². The zero-order valence-corrected chi connectivity index (χ0v) is 19.6. The van der Waals surface area contributed by atoms with Crippen LogP contribution in [0.15, 0.2) is 82.6 Å². The van der Waals surface area contributed by atoms with E-state index in [1.165, 1.54) is 25.9 Å². The van der Waals surface area contributed by atoms with Crippen molar-refractivity contribution in [2.45, 2.75) is 26.2 Å². The molecule has 0 spiro atoms. The number of allylic oxidation sites excluding steroid dienone is 2. The Morgan fingerprint density at radius 3 is 2.44 bits per heavy atom. The van der Waals surface area contributed by atoms with E-state index in [4.69, 9.17) is 13.9 Å². The van der Waals surface area contributed by atoms with Crippen LogP contribution in [0, 0.1) is 0 Å². The zero-order valence-electron chi connectivity index (χ0n) is 19.6. The smallest absolute Gasteiger partial charge is 0.355 e. The molecule has 0 bridgehead atoms. The molecule has 1 atom stereocenters. The molecule has 0 aliphatic carbocycles. The number of anilines is 1. The first-order valence-electron chi connectivity index (χ1n) is 11.0. The minimum atomic E-state index is -0.656. The summed E-state index contributed by atoms with van der Waals surface area (Å²) in [6, 6.07) is 13.5. The van der Waals surface area contributed by atoms with E-state index in [1.54, 1.807) is 23.3 Å². The number of benzene rings is 2. The molecule has 1 aromatic heterocycles. The van der Waals surface area contributed by atoms with Gasteiger partial charge in [-0.1, -0.05) is 26.0 Å². The molecule has 7 heteroatoms. The van der Waals surface area contributed by atoms with Crippen molar-refractivity contribution in [2.24, 2.45) is 0 Å². The third-order valence-corrected chi connectivity index (χ3v) is 5.87. The lowest BCUT2D eigenvalue weighted by atomic mass is 9.98. The maximum absolute atomic E-state index is 12.6. The fourth-order valence-corrected chi connectivity index (χ4v) is 3.74. The van der Waals surface area contributed by atoms with Crippen LogP contribution in [-0.2, 0) is 19.1 Å². The van der Waals surface area contributed by atoms with Gasteiger partial charge in [0, 0.05) is 17.5 Å². The second kappa shape index (κ2) is 9.79. The Bertz CT molecular complexity index is 1310. The molecule has 2 aromatic carbocycles. The van der Waals surface area contributed by atoms with Crippen LogP contribution >= 0.6 is 0 Å². The summed E-state index contributed by atoms with van der Waals surface area (Å²) >= 11 is 0. The Morgan fingerprint density at radius 2 is 1.76 bits per heavy atom. The summed E-state index contributed by atoms with van der Waals surface area (Å²) in [4.78, 5) is 31.2. The Hall–Kier alpha value is -4.13. The molecule has 1 aliphatic rings. The molecule has 0 N–H and O–H groups in total. The number of fused-ring (bicyclic) bond motifs is 1. The summed E-state index contributed by atoms with van der Waals surface area (Å²) in [5.41, 5.74) is 4.38. The third kappa shape index (κ3) is 4.37. The third-order valence-electron chi connectivity index (χ3n) is 5.87. The number of rotatable bonds is 6. The Labute approximate surface area is 198 Å². The lowest BCUT2D eigenvalue weighted by Crippen LogP contribution is -2.26. The van der Waals surface area contributed by atoms with Crippen molar-refractivity contribution in [3.05, 3.63) is 83.7 Å². The summed E-state index contributed by atoms with van der Waals surface area (Å²) in [6.07, 6.45) is 7.65. The summed E-state index contributed by atoms with van der Waals surface area (Å²) in [5.74, 6) is -0.330. The second-order valence-electron chi connectivity index (χ2n) is 7.92. The molecule has 4 rings (SSSR count). The maximum atomic E-state index is 12.6. The van der Waals surface area contributed by atoms with E-state index in [2.05, 4.69) is 31.0 Å². The summed E-state index contributed by atoms with van der Waals surface area (Å²) in [5, 5.41) is 0. The van der Waals surface area contributed by atoms with Crippen molar-refractivity contribution in [3.63, 3.8) is 0 Å². The lowest BCUT2D eigenvalue weighted by molar-refractivity contribution is -0.139. The van der Waals surface area contributed by atoms with Gasteiger partial charge in [-0.25, -0.2) is 14.6 Å². The average molecular weight is 459 g/mol. The van der Waals surface area contributed by atoms with Crippen LogP contribution in [0.5, 0.6) is 0 Å². The molecule has 0 radical (unpaired) electrons. The first-order chi connectivity index (χ1) is 16.5. The zero-order chi connectivity index (χ0) is 24.2. The van der Waals surface area contributed by atoms with E-state index < -0.39 is 11.9 Å². The molecular formula is C27H26N2O5. The highest BCUT2D eigenvalue weighted by molar-refractivity contribution is 6.05. The molecule has 1 unspecified atom stereocenters. The Morgan fingerprint density at radius 1 is 1.03 bits per heavy atom. The number of esters is 2. The molecular weight excluding hydrogens is 432 g/mol. The van der Waals surface area contributed by atoms with Gasteiger partial charge in [0.15, 0.2) is 5.58 Å². The van der Waals surface area contributed by atoms with Crippen molar-refractivity contribution in [3.8, 4) is 11.5 Å². The van der Waals surface area contributed by atoms with Crippen molar-refractivity contribution in [1.29, 1.82) is 0 Å². The minimum absolute atomic E-state index is 0.0616. The van der Waals surface area contributed by atoms with Crippen molar-refractivity contribution >= 4 is 28.7 Å². The fraction of sp³-hybridized carbons (Fsp3) is 0.222. The predicted octanol–water partition coefficient (Wildman–Crippen LogP) is 5.50. The van der Waals surface area contributed by atoms with Crippen molar-refractivity contribution < 1.29 is 23.5 Å². The van der Waals surface area contributed by atoms with Crippen LogP contribution in [0.25, 0.3) is 22.6 Å². The first-order valence-corrected chi connectivity index (χ1v) is 11.0. The molecule has 174 valence electrons. The van der Waals surface area contributed by atoms with Gasteiger partial charge < -0.3 is 18.8 Å². The maximum Gasteiger partial charge on any atom is 0.355 e. The number of oxazole rings is 1. The number of nitrogens with zero attached hydrogens (tertiary/aromatic N) is 2. The number of carbonyl (C=O) groups excluding carboxylic acids is 2. The van der Waals surface area contributed by atoms with Gasteiger partial charge in [0.1, 0.15) is 11.2 Å². The normalized spacial score (nSPS) is 14.3.